The van der Waals surface area contributed by atoms with Crippen LogP contribution in [0.15, 0.2) is 63.5 Å². The Hall–Kier alpha value is -2.52. The maximum atomic E-state index is 13.5. The molecule has 0 fully saturated rings. The molecule has 2 heterocycles. The number of halogens is 3. The Labute approximate surface area is 185 Å². The SMILES string of the molecule is O=C(CSc1nc2c(c(C(F)(F)F)n1)CCC2)N1c2ccccc2Sc2ccccc21. The number of aryl methyl sites for hydroxylation is 1. The third-order valence-corrected chi connectivity index (χ3v) is 7.15. The molecule has 0 unspecified atom stereocenters. The van der Waals surface area contributed by atoms with E-state index >= 15 is 0 Å². The van der Waals surface area contributed by atoms with E-state index in [-0.39, 0.29) is 22.4 Å². The second kappa shape index (κ2) is 7.87. The van der Waals surface area contributed by atoms with Crippen LogP contribution in [0.3, 0.4) is 0 Å². The van der Waals surface area contributed by atoms with E-state index in [0.29, 0.717) is 25.0 Å². The summed E-state index contributed by atoms with van der Waals surface area (Å²) >= 11 is 2.53. The molecule has 5 rings (SSSR count). The predicted octanol–water partition coefficient (Wildman–Crippen LogP) is 5.91. The number of anilines is 2. The van der Waals surface area contributed by atoms with Crippen LogP contribution in [0.5, 0.6) is 0 Å². The first-order chi connectivity index (χ1) is 14.9. The zero-order valence-electron chi connectivity index (χ0n) is 16.1. The van der Waals surface area contributed by atoms with Gasteiger partial charge in [-0.1, -0.05) is 47.8 Å². The normalized spacial score (nSPS) is 14.7. The Morgan fingerprint density at radius 2 is 1.65 bits per heavy atom. The monoisotopic (exact) mass is 459 g/mol. The molecule has 1 aromatic heterocycles. The van der Waals surface area contributed by atoms with Gasteiger partial charge in [-0.25, -0.2) is 9.97 Å². The standard InChI is InChI=1S/C22H16F3N3OS2/c23-22(24,25)20-13-6-5-7-14(13)26-21(27-20)30-12-19(29)28-15-8-1-3-10-17(15)31-18-11-4-2-9-16(18)28/h1-4,8-11H,5-7,12H2. The van der Waals surface area contributed by atoms with Gasteiger partial charge in [0.1, 0.15) is 0 Å². The molecule has 3 aromatic rings. The smallest absolute Gasteiger partial charge is 0.278 e. The fraction of sp³-hybridized carbons (Fsp3) is 0.227. The number of fused-ring (bicyclic) bond motifs is 3. The average Bonchev–Trinajstić information content (AvgIpc) is 3.23. The molecule has 0 bridgehead atoms. The molecule has 1 amide bonds. The molecule has 0 spiro atoms. The van der Waals surface area contributed by atoms with Gasteiger partial charge in [0.05, 0.1) is 17.1 Å². The van der Waals surface area contributed by atoms with Crippen molar-refractivity contribution in [3.8, 4) is 0 Å². The second-order valence-electron chi connectivity index (χ2n) is 7.19. The quantitative estimate of drug-likeness (QED) is 0.360. The lowest BCUT2D eigenvalue weighted by Gasteiger charge is -2.30. The van der Waals surface area contributed by atoms with Crippen LogP contribution < -0.4 is 4.90 Å². The zero-order valence-corrected chi connectivity index (χ0v) is 17.8. The molecule has 4 nitrogen and oxygen atoms in total. The minimum Gasteiger partial charge on any atom is -0.278 e. The summed E-state index contributed by atoms with van der Waals surface area (Å²) in [6.45, 7) is 0. The lowest BCUT2D eigenvalue weighted by Crippen LogP contribution is -2.30. The van der Waals surface area contributed by atoms with Gasteiger partial charge in [0.15, 0.2) is 10.9 Å². The van der Waals surface area contributed by atoms with Crippen LogP contribution in [0.2, 0.25) is 0 Å². The number of nitrogens with zero attached hydrogens (tertiary/aromatic N) is 3. The molecule has 31 heavy (non-hydrogen) atoms. The van der Waals surface area contributed by atoms with Crippen LogP contribution in [0.1, 0.15) is 23.4 Å². The van der Waals surface area contributed by atoms with Crippen LogP contribution in [-0.2, 0) is 23.8 Å². The number of amides is 1. The summed E-state index contributed by atoms with van der Waals surface area (Å²) in [5, 5.41) is -0.00530. The van der Waals surface area contributed by atoms with E-state index in [0.717, 1.165) is 32.9 Å². The van der Waals surface area contributed by atoms with Crippen molar-refractivity contribution in [1.29, 1.82) is 0 Å². The molecule has 0 N–H and O–H groups in total. The number of thioether (sulfide) groups is 1. The van der Waals surface area contributed by atoms with E-state index in [1.54, 1.807) is 16.7 Å². The van der Waals surface area contributed by atoms with Gasteiger partial charge < -0.3 is 0 Å². The number of rotatable bonds is 3. The summed E-state index contributed by atoms with van der Waals surface area (Å²) in [6, 6.07) is 15.2. The van der Waals surface area contributed by atoms with Gasteiger partial charge in [0.2, 0.25) is 5.91 Å². The van der Waals surface area contributed by atoms with Crippen LogP contribution in [0.25, 0.3) is 0 Å². The number of benzene rings is 2. The van der Waals surface area contributed by atoms with E-state index in [2.05, 4.69) is 9.97 Å². The first-order valence-corrected chi connectivity index (χ1v) is 11.5. The summed E-state index contributed by atoms with van der Waals surface area (Å²) in [4.78, 5) is 24.8. The highest BCUT2D eigenvalue weighted by atomic mass is 32.2. The van der Waals surface area contributed by atoms with E-state index in [1.165, 1.54) is 0 Å². The average molecular weight is 460 g/mol. The van der Waals surface area contributed by atoms with Gasteiger partial charge in [0, 0.05) is 21.0 Å². The number of carbonyl (C=O) groups is 1. The molecular weight excluding hydrogens is 443 g/mol. The zero-order chi connectivity index (χ0) is 21.6. The maximum Gasteiger partial charge on any atom is 0.433 e. The number of alkyl halides is 3. The largest absolute Gasteiger partial charge is 0.433 e. The van der Waals surface area contributed by atoms with Gasteiger partial charge in [-0.3, -0.25) is 9.69 Å². The highest BCUT2D eigenvalue weighted by Crippen LogP contribution is 2.48. The van der Waals surface area contributed by atoms with E-state index in [1.807, 2.05) is 48.5 Å². The molecule has 1 aliphatic carbocycles. The van der Waals surface area contributed by atoms with Crippen LogP contribution in [0, 0.1) is 0 Å². The third-order valence-electron chi connectivity index (χ3n) is 5.19. The Balaban J connectivity index is 1.44. The number of carbonyl (C=O) groups excluding carboxylic acids is 1. The number of para-hydroxylation sites is 2. The molecule has 0 saturated heterocycles. The summed E-state index contributed by atoms with van der Waals surface area (Å²) in [5.74, 6) is -0.300. The topological polar surface area (TPSA) is 46.1 Å². The van der Waals surface area contributed by atoms with E-state index < -0.39 is 11.9 Å². The van der Waals surface area contributed by atoms with E-state index in [9.17, 15) is 18.0 Å². The molecule has 1 aliphatic heterocycles. The molecule has 0 saturated carbocycles. The van der Waals surface area contributed by atoms with Gasteiger partial charge in [-0.15, -0.1) is 0 Å². The molecule has 0 radical (unpaired) electrons. The number of hydrogen-bond acceptors (Lipinski definition) is 5. The fourth-order valence-electron chi connectivity index (χ4n) is 3.87. The molecule has 9 heteroatoms. The minimum atomic E-state index is -4.53. The Morgan fingerprint density at radius 1 is 1.00 bits per heavy atom. The Kier molecular flexibility index (Phi) is 5.18. The van der Waals surface area contributed by atoms with Gasteiger partial charge in [0.25, 0.3) is 0 Å². The van der Waals surface area contributed by atoms with Crippen molar-refractivity contribution in [2.45, 2.75) is 40.4 Å². The predicted molar refractivity (Wildman–Crippen MR) is 114 cm³/mol. The summed E-state index contributed by atoms with van der Waals surface area (Å²) < 4.78 is 40.4. The fourth-order valence-corrected chi connectivity index (χ4v) is 5.64. The Morgan fingerprint density at radius 3 is 2.29 bits per heavy atom. The van der Waals surface area contributed by atoms with Crippen LogP contribution in [-0.4, -0.2) is 21.6 Å². The Bertz CT molecular complexity index is 1140. The van der Waals surface area contributed by atoms with Crippen molar-refractivity contribution < 1.29 is 18.0 Å². The highest BCUT2D eigenvalue weighted by Gasteiger charge is 2.38. The van der Waals surface area contributed by atoms with Crippen LogP contribution >= 0.6 is 23.5 Å². The number of hydrogen-bond donors (Lipinski definition) is 0. The molecule has 2 aliphatic rings. The van der Waals surface area contributed by atoms with Gasteiger partial charge in [-0.2, -0.15) is 13.2 Å². The highest BCUT2D eigenvalue weighted by molar-refractivity contribution is 8.00. The lowest BCUT2D eigenvalue weighted by molar-refractivity contribution is -0.142. The van der Waals surface area contributed by atoms with Crippen molar-refractivity contribution in [3.05, 3.63) is 65.5 Å². The van der Waals surface area contributed by atoms with E-state index in [4.69, 9.17) is 0 Å². The first kappa shape index (κ1) is 20.4. The first-order valence-electron chi connectivity index (χ1n) is 9.70. The van der Waals surface area contributed by atoms with Gasteiger partial charge in [-0.05, 0) is 43.5 Å². The van der Waals surface area contributed by atoms with Crippen molar-refractivity contribution in [1.82, 2.24) is 9.97 Å². The maximum absolute atomic E-state index is 13.5. The van der Waals surface area contributed by atoms with Crippen molar-refractivity contribution >= 4 is 40.8 Å². The molecule has 2 aromatic carbocycles. The number of aromatic nitrogens is 2. The van der Waals surface area contributed by atoms with Crippen molar-refractivity contribution in [2.24, 2.45) is 0 Å². The van der Waals surface area contributed by atoms with Crippen LogP contribution in [0.4, 0.5) is 24.5 Å². The molecule has 0 atom stereocenters. The molecule has 158 valence electrons. The summed E-state index contributed by atoms with van der Waals surface area (Å²) in [6.07, 6.45) is -3.04. The van der Waals surface area contributed by atoms with Crippen molar-refractivity contribution in [2.75, 3.05) is 10.7 Å². The summed E-state index contributed by atoms with van der Waals surface area (Å²) in [7, 11) is 0. The molecular formula is C22H16F3N3OS2. The summed E-state index contributed by atoms with van der Waals surface area (Å²) in [5.41, 5.74) is 1.31. The minimum absolute atomic E-state index is 0.00530. The third kappa shape index (κ3) is 3.80. The van der Waals surface area contributed by atoms with Crippen molar-refractivity contribution in [3.63, 3.8) is 0 Å². The van der Waals surface area contributed by atoms with Gasteiger partial charge >= 0.3 is 6.18 Å². The lowest BCUT2D eigenvalue weighted by atomic mass is 10.2. The second-order valence-corrected chi connectivity index (χ2v) is 9.21.